The van der Waals surface area contributed by atoms with E-state index < -0.39 is 6.04 Å². The normalized spacial score (nSPS) is 18.6. The lowest BCUT2D eigenvalue weighted by atomic mass is 9.73. The molecule has 0 spiro atoms. The Kier molecular flexibility index (Phi) is 5.44. The van der Waals surface area contributed by atoms with Gasteiger partial charge in [0.2, 0.25) is 0 Å². The number of amides is 1. The van der Waals surface area contributed by atoms with Crippen LogP contribution in [0.15, 0.2) is 66.0 Å². The Morgan fingerprint density at radius 1 is 1.15 bits per heavy atom. The van der Waals surface area contributed by atoms with E-state index in [0.29, 0.717) is 40.5 Å². The van der Waals surface area contributed by atoms with Crippen LogP contribution in [0.4, 0.5) is 11.5 Å². The molecule has 0 saturated heterocycles. The summed E-state index contributed by atoms with van der Waals surface area (Å²) in [5.41, 5.74) is 3.29. The van der Waals surface area contributed by atoms with Crippen molar-refractivity contribution in [2.75, 3.05) is 17.7 Å². The van der Waals surface area contributed by atoms with Gasteiger partial charge in [0.25, 0.3) is 5.91 Å². The van der Waals surface area contributed by atoms with Crippen LogP contribution < -0.4 is 15.4 Å². The minimum Gasteiger partial charge on any atom is -0.497 e. The Labute approximate surface area is 202 Å². The van der Waals surface area contributed by atoms with E-state index in [2.05, 4.69) is 29.6 Å². The minimum absolute atomic E-state index is 0.0906. The molecule has 0 fully saturated rings. The topological polar surface area (TPSA) is 85.2 Å². The van der Waals surface area contributed by atoms with Crippen molar-refractivity contribution in [2.24, 2.45) is 5.41 Å². The molecule has 0 unspecified atom stereocenters. The summed E-state index contributed by atoms with van der Waals surface area (Å²) >= 11 is 5.96. The highest BCUT2D eigenvalue weighted by Gasteiger charge is 2.42. The number of anilines is 2. The molecule has 0 saturated carbocycles. The van der Waals surface area contributed by atoms with Gasteiger partial charge in [-0.15, -0.1) is 0 Å². The molecule has 8 heteroatoms. The molecule has 1 aromatic heterocycles. The molecule has 34 heavy (non-hydrogen) atoms. The molecule has 2 aromatic carbocycles. The van der Waals surface area contributed by atoms with Crippen LogP contribution in [-0.2, 0) is 4.79 Å². The maximum Gasteiger partial charge on any atom is 0.261 e. The van der Waals surface area contributed by atoms with Crippen molar-refractivity contribution in [1.82, 2.24) is 9.78 Å². The fourth-order valence-electron chi connectivity index (χ4n) is 4.70. The molecule has 1 atom stereocenters. The van der Waals surface area contributed by atoms with Gasteiger partial charge in [-0.1, -0.05) is 37.6 Å². The number of carbonyl (C=O) groups is 2. The van der Waals surface area contributed by atoms with E-state index >= 15 is 0 Å². The van der Waals surface area contributed by atoms with Gasteiger partial charge in [-0.25, -0.2) is 4.68 Å². The lowest BCUT2D eigenvalue weighted by Gasteiger charge is -2.39. The lowest BCUT2D eigenvalue weighted by Crippen LogP contribution is -2.37. The predicted molar refractivity (Wildman–Crippen MR) is 131 cm³/mol. The molecule has 3 aromatic rings. The number of Topliss-reactive ketones (excluding diaryl/α,β-unsaturated/α-hetero) is 1. The Balaban J connectivity index is 1.58. The van der Waals surface area contributed by atoms with Crippen LogP contribution in [0.25, 0.3) is 0 Å². The SMILES string of the molecule is COc1ccc([C@@H]2C3=C(CC(C)(C)CC3=O)Nc3c(C(=O)Nc4ccc(Cl)cc4)cnn32)cc1. The Morgan fingerprint density at radius 2 is 1.85 bits per heavy atom. The number of fused-ring (bicyclic) bond motifs is 1. The fourth-order valence-corrected chi connectivity index (χ4v) is 4.83. The number of allylic oxidation sites excluding steroid dienone is 2. The number of rotatable bonds is 4. The molecule has 0 bridgehead atoms. The van der Waals surface area contributed by atoms with Crippen LogP contribution in [0, 0.1) is 5.41 Å². The molecule has 2 aliphatic rings. The van der Waals surface area contributed by atoms with E-state index in [0.717, 1.165) is 17.0 Å². The van der Waals surface area contributed by atoms with Crippen LogP contribution in [0.2, 0.25) is 5.02 Å². The van der Waals surface area contributed by atoms with Crippen LogP contribution >= 0.6 is 11.6 Å². The second-order valence-electron chi connectivity index (χ2n) is 9.45. The van der Waals surface area contributed by atoms with Gasteiger partial charge < -0.3 is 15.4 Å². The van der Waals surface area contributed by atoms with E-state index in [1.807, 2.05) is 24.3 Å². The summed E-state index contributed by atoms with van der Waals surface area (Å²) in [6, 6.07) is 14.1. The number of ether oxygens (including phenoxy) is 1. The van der Waals surface area contributed by atoms with Gasteiger partial charge in [-0.05, 0) is 53.8 Å². The second-order valence-corrected chi connectivity index (χ2v) is 9.88. The number of aromatic nitrogens is 2. The zero-order valence-corrected chi connectivity index (χ0v) is 19.9. The van der Waals surface area contributed by atoms with E-state index in [1.165, 1.54) is 6.20 Å². The van der Waals surface area contributed by atoms with Gasteiger partial charge in [0.1, 0.15) is 23.2 Å². The Morgan fingerprint density at radius 3 is 2.53 bits per heavy atom. The summed E-state index contributed by atoms with van der Waals surface area (Å²) in [5.74, 6) is 1.09. The van der Waals surface area contributed by atoms with Crippen molar-refractivity contribution in [1.29, 1.82) is 0 Å². The highest BCUT2D eigenvalue weighted by atomic mass is 35.5. The molecule has 1 amide bonds. The Hall–Kier alpha value is -3.58. The third-order valence-corrected chi connectivity index (χ3v) is 6.53. The summed E-state index contributed by atoms with van der Waals surface area (Å²) in [6.45, 7) is 4.16. The van der Waals surface area contributed by atoms with Gasteiger partial charge in [0.05, 0.1) is 13.3 Å². The van der Waals surface area contributed by atoms with Crippen molar-refractivity contribution in [2.45, 2.75) is 32.7 Å². The highest BCUT2D eigenvalue weighted by molar-refractivity contribution is 6.30. The average molecular weight is 477 g/mol. The third-order valence-electron chi connectivity index (χ3n) is 6.28. The molecule has 1 aliphatic carbocycles. The lowest BCUT2D eigenvalue weighted by molar-refractivity contribution is -0.118. The maximum absolute atomic E-state index is 13.3. The summed E-state index contributed by atoms with van der Waals surface area (Å²) < 4.78 is 7.04. The summed E-state index contributed by atoms with van der Waals surface area (Å²) in [7, 11) is 1.62. The van der Waals surface area contributed by atoms with E-state index in [4.69, 9.17) is 16.3 Å². The summed E-state index contributed by atoms with van der Waals surface area (Å²) in [4.78, 5) is 26.5. The van der Waals surface area contributed by atoms with Gasteiger partial charge in [-0.2, -0.15) is 5.10 Å². The molecule has 1 aliphatic heterocycles. The smallest absolute Gasteiger partial charge is 0.261 e. The number of ketones is 1. The van der Waals surface area contributed by atoms with Crippen LogP contribution in [0.5, 0.6) is 5.75 Å². The summed E-state index contributed by atoms with van der Waals surface area (Å²) in [5, 5.41) is 11.4. The largest absolute Gasteiger partial charge is 0.497 e. The highest BCUT2D eigenvalue weighted by Crippen LogP contribution is 2.46. The predicted octanol–water partition coefficient (Wildman–Crippen LogP) is 5.46. The molecule has 2 heterocycles. The quantitative estimate of drug-likeness (QED) is 0.522. The average Bonchev–Trinajstić information content (AvgIpc) is 3.22. The number of methoxy groups -OCH3 is 1. The molecule has 5 rings (SSSR count). The van der Waals surface area contributed by atoms with E-state index in [1.54, 1.807) is 36.1 Å². The zero-order chi connectivity index (χ0) is 24.0. The number of nitrogens with zero attached hydrogens (tertiary/aromatic N) is 2. The van der Waals surface area contributed by atoms with E-state index in [9.17, 15) is 9.59 Å². The standard InChI is InChI=1S/C26H25ClN4O3/c1-26(2)12-20-22(21(32)13-26)23(15-4-10-18(34-3)11-5-15)31-24(30-20)19(14-28-31)25(33)29-17-8-6-16(27)7-9-17/h4-11,14,23,30H,12-13H2,1-3H3,(H,29,33)/t23-/m1/s1. The number of carbonyl (C=O) groups excluding carboxylic acids is 2. The van der Waals surface area contributed by atoms with Crippen molar-refractivity contribution in [3.05, 3.63) is 82.1 Å². The van der Waals surface area contributed by atoms with Crippen molar-refractivity contribution in [3.63, 3.8) is 0 Å². The zero-order valence-electron chi connectivity index (χ0n) is 19.2. The molecule has 174 valence electrons. The number of halogens is 1. The van der Waals surface area contributed by atoms with Crippen LogP contribution in [0.1, 0.15) is 48.7 Å². The van der Waals surface area contributed by atoms with Gasteiger partial charge in [0, 0.05) is 28.4 Å². The molecule has 7 nitrogen and oxygen atoms in total. The number of hydrogen-bond donors (Lipinski definition) is 2. The summed E-state index contributed by atoms with van der Waals surface area (Å²) in [6.07, 6.45) is 2.70. The third kappa shape index (κ3) is 3.96. The van der Waals surface area contributed by atoms with Crippen molar-refractivity contribution < 1.29 is 14.3 Å². The monoisotopic (exact) mass is 476 g/mol. The molecular weight excluding hydrogens is 452 g/mol. The first-order valence-electron chi connectivity index (χ1n) is 11.1. The second kappa shape index (κ2) is 8.33. The minimum atomic E-state index is -0.433. The molecule has 0 radical (unpaired) electrons. The fraction of sp³-hybridized carbons (Fsp3) is 0.269. The van der Waals surface area contributed by atoms with Gasteiger partial charge in [0.15, 0.2) is 5.78 Å². The van der Waals surface area contributed by atoms with Crippen LogP contribution in [-0.4, -0.2) is 28.6 Å². The number of hydrogen-bond acceptors (Lipinski definition) is 5. The van der Waals surface area contributed by atoms with Gasteiger partial charge in [-0.3, -0.25) is 9.59 Å². The maximum atomic E-state index is 13.3. The first-order valence-corrected chi connectivity index (χ1v) is 11.5. The molecular formula is C26H25ClN4O3. The number of benzene rings is 2. The number of nitrogens with one attached hydrogen (secondary N) is 2. The Bertz CT molecular complexity index is 1310. The first-order chi connectivity index (χ1) is 16.3. The first kappa shape index (κ1) is 22.2. The van der Waals surface area contributed by atoms with Gasteiger partial charge >= 0.3 is 0 Å². The van der Waals surface area contributed by atoms with Crippen molar-refractivity contribution in [3.8, 4) is 5.75 Å². The van der Waals surface area contributed by atoms with Crippen LogP contribution in [0.3, 0.4) is 0 Å². The van der Waals surface area contributed by atoms with Crippen molar-refractivity contribution >= 4 is 34.8 Å². The van der Waals surface area contributed by atoms with E-state index in [-0.39, 0.29) is 17.1 Å². The molecule has 2 N–H and O–H groups in total.